The summed E-state index contributed by atoms with van der Waals surface area (Å²) in [4.78, 5) is 15.7. The summed E-state index contributed by atoms with van der Waals surface area (Å²) in [5.41, 5.74) is 2.03. The number of hydrogen-bond donors (Lipinski definition) is 1. The molecule has 1 aliphatic carbocycles. The minimum Gasteiger partial charge on any atom is -0.481 e. The van der Waals surface area contributed by atoms with Gasteiger partial charge in [-0.1, -0.05) is 24.6 Å². The van der Waals surface area contributed by atoms with Crippen molar-refractivity contribution in [2.45, 2.75) is 25.2 Å². The third-order valence-electron chi connectivity index (χ3n) is 3.87. The van der Waals surface area contributed by atoms with Crippen molar-refractivity contribution in [3.8, 4) is 0 Å². The maximum absolute atomic E-state index is 11.2. The zero-order valence-corrected chi connectivity index (χ0v) is 10.0. The van der Waals surface area contributed by atoms with Crippen LogP contribution in [-0.2, 0) is 4.79 Å². The number of rotatable bonds is 2. The maximum atomic E-state index is 11.2. The van der Waals surface area contributed by atoms with Gasteiger partial charge in [-0.3, -0.25) is 9.78 Å². The van der Waals surface area contributed by atoms with Gasteiger partial charge in [0, 0.05) is 11.6 Å². The third-order valence-corrected chi connectivity index (χ3v) is 3.87. The highest BCUT2D eigenvalue weighted by atomic mass is 16.4. The summed E-state index contributed by atoms with van der Waals surface area (Å²) in [7, 11) is 0. The summed E-state index contributed by atoms with van der Waals surface area (Å²) in [6, 6.07) is 10.0. The number of pyridine rings is 1. The Balaban J connectivity index is 2.01. The molecule has 1 fully saturated rings. The Kier molecular flexibility index (Phi) is 2.74. The van der Waals surface area contributed by atoms with Gasteiger partial charge in [0.25, 0.3) is 0 Å². The fourth-order valence-electron chi connectivity index (χ4n) is 2.95. The van der Waals surface area contributed by atoms with E-state index in [-0.39, 0.29) is 11.8 Å². The first-order chi connectivity index (χ1) is 8.75. The molecule has 1 aliphatic rings. The Morgan fingerprint density at radius 1 is 1.28 bits per heavy atom. The highest BCUT2D eigenvalue weighted by molar-refractivity contribution is 5.79. The van der Waals surface area contributed by atoms with Crippen molar-refractivity contribution in [2.75, 3.05) is 0 Å². The molecule has 0 bridgehead atoms. The van der Waals surface area contributed by atoms with Crippen LogP contribution in [0.4, 0.5) is 0 Å². The molecule has 0 radical (unpaired) electrons. The molecule has 2 atom stereocenters. The highest BCUT2D eigenvalue weighted by Gasteiger charge is 2.34. The Hall–Kier alpha value is -1.90. The van der Waals surface area contributed by atoms with Crippen LogP contribution in [0.2, 0.25) is 0 Å². The molecule has 3 heteroatoms. The van der Waals surface area contributed by atoms with Crippen molar-refractivity contribution in [3.05, 3.63) is 42.1 Å². The average Bonchev–Trinajstić information content (AvgIpc) is 2.87. The summed E-state index contributed by atoms with van der Waals surface area (Å²) in [6.07, 6.45) is 4.58. The Morgan fingerprint density at radius 3 is 2.94 bits per heavy atom. The zero-order chi connectivity index (χ0) is 12.5. The van der Waals surface area contributed by atoms with Crippen LogP contribution in [0.5, 0.6) is 0 Å². The molecule has 0 saturated heterocycles. The molecule has 3 rings (SSSR count). The molecule has 2 unspecified atom stereocenters. The van der Waals surface area contributed by atoms with Crippen molar-refractivity contribution in [2.24, 2.45) is 5.92 Å². The molecule has 3 nitrogen and oxygen atoms in total. The minimum absolute atomic E-state index is 0.125. The summed E-state index contributed by atoms with van der Waals surface area (Å²) in [6.45, 7) is 0. The van der Waals surface area contributed by atoms with E-state index >= 15 is 0 Å². The number of carbonyl (C=O) groups is 1. The van der Waals surface area contributed by atoms with E-state index in [9.17, 15) is 9.90 Å². The molecule has 2 aromatic rings. The van der Waals surface area contributed by atoms with Gasteiger partial charge in [-0.25, -0.2) is 0 Å². The molecule has 1 saturated carbocycles. The quantitative estimate of drug-likeness (QED) is 0.878. The van der Waals surface area contributed by atoms with E-state index in [4.69, 9.17) is 0 Å². The zero-order valence-electron chi connectivity index (χ0n) is 10.0. The van der Waals surface area contributed by atoms with E-state index in [1.165, 1.54) is 0 Å². The number of fused-ring (bicyclic) bond motifs is 1. The Labute approximate surface area is 105 Å². The summed E-state index contributed by atoms with van der Waals surface area (Å²) < 4.78 is 0. The fourth-order valence-corrected chi connectivity index (χ4v) is 2.95. The molecule has 92 valence electrons. The lowest BCUT2D eigenvalue weighted by Crippen LogP contribution is -2.16. The van der Waals surface area contributed by atoms with E-state index in [2.05, 4.69) is 11.1 Å². The van der Waals surface area contributed by atoms with E-state index in [1.807, 2.05) is 30.5 Å². The molecule has 1 aromatic heterocycles. The first-order valence-corrected chi connectivity index (χ1v) is 6.33. The maximum Gasteiger partial charge on any atom is 0.307 e. The van der Waals surface area contributed by atoms with E-state index in [1.54, 1.807) is 0 Å². The number of nitrogens with zero attached hydrogens (tertiary/aromatic N) is 1. The Morgan fingerprint density at radius 2 is 2.11 bits per heavy atom. The van der Waals surface area contributed by atoms with Crippen molar-refractivity contribution in [1.82, 2.24) is 4.98 Å². The van der Waals surface area contributed by atoms with Crippen LogP contribution < -0.4 is 0 Å². The smallest absolute Gasteiger partial charge is 0.307 e. The second-order valence-corrected chi connectivity index (χ2v) is 4.94. The lowest BCUT2D eigenvalue weighted by molar-refractivity contribution is -0.142. The summed E-state index contributed by atoms with van der Waals surface area (Å²) in [5.74, 6) is -0.793. The lowest BCUT2D eigenvalue weighted by atomic mass is 9.89. The SMILES string of the molecule is O=C(O)C1CCCC1c1cnc2ccccc2c1. The molecule has 0 spiro atoms. The second kappa shape index (κ2) is 4.41. The van der Waals surface area contributed by atoms with Crippen LogP contribution in [0, 0.1) is 5.92 Å². The number of carboxylic acids is 1. The van der Waals surface area contributed by atoms with Gasteiger partial charge >= 0.3 is 5.97 Å². The van der Waals surface area contributed by atoms with Crippen molar-refractivity contribution in [3.63, 3.8) is 0 Å². The average molecular weight is 241 g/mol. The van der Waals surface area contributed by atoms with Gasteiger partial charge in [-0.05, 0) is 36.5 Å². The predicted octanol–water partition coefficient (Wildman–Crippen LogP) is 3.20. The molecule has 0 amide bonds. The lowest BCUT2D eigenvalue weighted by Gasteiger charge is -2.16. The topological polar surface area (TPSA) is 50.2 Å². The van der Waals surface area contributed by atoms with Crippen molar-refractivity contribution < 1.29 is 9.90 Å². The standard InChI is InChI=1S/C15H15NO2/c17-15(18)13-6-3-5-12(13)11-8-10-4-1-2-7-14(10)16-9-11/h1-2,4,7-9,12-13H,3,5-6H2,(H,17,18). The largest absolute Gasteiger partial charge is 0.481 e. The molecule has 1 N–H and O–H groups in total. The number of aliphatic carboxylic acids is 1. The van der Waals surface area contributed by atoms with E-state index in [0.717, 1.165) is 35.7 Å². The van der Waals surface area contributed by atoms with Crippen LogP contribution in [0.3, 0.4) is 0 Å². The van der Waals surface area contributed by atoms with Crippen LogP contribution in [0.1, 0.15) is 30.7 Å². The van der Waals surface area contributed by atoms with Gasteiger partial charge in [0.2, 0.25) is 0 Å². The molecule has 1 heterocycles. The van der Waals surface area contributed by atoms with Crippen molar-refractivity contribution in [1.29, 1.82) is 0 Å². The van der Waals surface area contributed by atoms with E-state index < -0.39 is 5.97 Å². The van der Waals surface area contributed by atoms with Gasteiger partial charge in [0.05, 0.1) is 11.4 Å². The second-order valence-electron chi connectivity index (χ2n) is 4.94. The minimum atomic E-state index is -0.675. The van der Waals surface area contributed by atoms with Crippen molar-refractivity contribution >= 4 is 16.9 Å². The molecular weight excluding hydrogens is 226 g/mol. The molecule has 18 heavy (non-hydrogen) atoms. The molecule has 0 aliphatic heterocycles. The van der Waals surface area contributed by atoms with Crippen LogP contribution in [0.15, 0.2) is 36.5 Å². The molecule has 1 aromatic carbocycles. The Bertz CT molecular complexity index is 594. The summed E-state index contributed by atoms with van der Waals surface area (Å²) >= 11 is 0. The number of para-hydroxylation sites is 1. The molecular formula is C15H15NO2. The van der Waals surface area contributed by atoms with Gasteiger partial charge in [0.15, 0.2) is 0 Å². The fraction of sp³-hybridized carbons (Fsp3) is 0.333. The van der Waals surface area contributed by atoms with E-state index in [0.29, 0.717) is 0 Å². The number of hydrogen-bond acceptors (Lipinski definition) is 2. The van der Waals surface area contributed by atoms with Crippen LogP contribution in [-0.4, -0.2) is 16.1 Å². The highest BCUT2D eigenvalue weighted by Crippen LogP contribution is 2.40. The normalized spacial score (nSPS) is 23.3. The van der Waals surface area contributed by atoms with Crippen LogP contribution in [0.25, 0.3) is 10.9 Å². The van der Waals surface area contributed by atoms with Gasteiger partial charge in [0.1, 0.15) is 0 Å². The summed E-state index contributed by atoms with van der Waals surface area (Å²) in [5, 5.41) is 10.3. The predicted molar refractivity (Wildman–Crippen MR) is 69.5 cm³/mol. The number of carboxylic acid groups (broad SMARTS) is 1. The monoisotopic (exact) mass is 241 g/mol. The van der Waals surface area contributed by atoms with Gasteiger partial charge in [-0.15, -0.1) is 0 Å². The number of benzene rings is 1. The third kappa shape index (κ3) is 1.86. The van der Waals surface area contributed by atoms with Gasteiger partial charge in [-0.2, -0.15) is 0 Å². The van der Waals surface area contributed by atoms with Crippen LogP contribution >= 0.6 is 0 Å². The first-order valence-electron chi connectivity index (χ1n) is 6.33. The van der Waals surface area contributed by atoms with Gasteiger partial charge < -0.3 is 5.11 Å². The first kappa shape index (κ1) is 11.2. The number of aromatic nitrogens is 1.